The summed E-state index contributed by atoms with van der Waals surface area (Å²) < 4.78 is 5.70. The molecule has 184 valence electrons. The highest BCUT2D eigenvalue weighted by Crippen LogP contribution is 2.21. The summed E-state index contributed by atoms with van der Waals surface area (Å²) in [4.78, 5) is 34.7. The summed E-state index contributed by atoms with van der Waals surface area (Å²) in [7, 11) is 0. The molecule has 0 fully saturated rings. The van der Waals surface area contributed by atoms with Crippen LogP contribution in [-0.2, 0) is 9.59 Å². The number of hydrogen-bond acceptors (Lipinski definition) is 7. The predicted octanol–water partition coefficient (Wildman–Crippen LogP) is 1.05. The third-order valence-corrected chi connectivity index (χ3v) is 5.00. The number of carbonyl (C=O) groups is 3. The Balaban J connectivity index is 1.88. The fourth-order valence-electron chi connectivity index (χ4n) is 3.23. The first-order chi connectivity index (χ1) is 16.2. The van der Waals surface area contributed by atoms with E-state index in [2.05, 4.69) is 10.6 Å². The van der Waals surface area contributed by atoms with Crippen molar-refractivity contribution in [1.29, 1.82) is 0 Å². The quantitative estimate of drug-likeness (QED) is 0.251. The zero-order valence-corrected chi connectivity index (χ0v) is 18.8. The highest BCUT2D eigenvalue weighted by Gasteiger charge is 2.24. The molecule has 2 aromatic rings. The highest BCUT2D eigenvalue weighted by molar-refractivity contribution is 5.94. The van der Waals surface area contributed by atoms with Gasteiger partial charge in [-0.2, -0.15) is 0 Å². The number of hydrogen-bond donors (Lipinski definition) is 6. The molecule has 2 rings (SSSR count). The number of carboxylic acids is 1. The molecule has 0 radical (unpaired) electrons. The molecule has 10 heteroatoms. The number of aliphatic carboxylic acids is 1. The standard InChI is InChI=1S/C24H30N2O8/c1-15(27)26-17(10-11-20(28)24(32)33)13-21(29)22(30)14-25-23(31)16-6-5-9-19(12-16)34-18-7-3-2-4-8-18/h2-9,12,17,20-22,28-30H,10-11,13-14H2,1H3,(H,25,31)(H,26,27)(H,32,33)/t17-,20-,21+,22-/m1/s1. The number of para-hydroxylation sites is 1. The zero-order chi connectivity index (χ0) is 25.1. The van der Waals surface area contributed by atoms with Crippen LogP contribution in [0.4, 0.5) is 0 Å². The highest BCUT2D eigenvalue weighted by atomic mass is 16.5. The summed E-state index contributed by atoms with van der Waals surface area (Å²) in [5, 5.41) is 43.9. The second-order valence-electron chi connectivity index (χ2n) is 7.85. The number of carboxylic acid groups (broad SMARTS) is 1. The number of amides is 2. The van der Waals surface area contributed by atoms with Gasteiger partial charge in [-0.15, -0.1) is 0 Å². The second kappa shape index (κ2) is 13.3. The van der Waals surface area contributed by atoms with Crippen LogP contribution in [0.15, 0.2) is 54.6 Å². The van der Waals surface area contributed by atoms with Crippen molar-refractivity contribution in [3.63, 3.8) is 0 Å². The minimum Gasteiger partial charge on any atom is -0.479 e. The summed E-state index contributed by atoms with van der Waals surface area (Å²) in [6.07, 6.45) is -4.40. The Hall–Kier alpha value is -3.47. The van der Waals surface area contributed by atoms with E-state index < -0.39 is 42.1 Å². The van der Waals surface area contributed by atoms with Gasteiger partial charge in [0.1, 0.15) is 11.5 Å². The molecule has 0 aliphatic rings. The van der Waals surface area contributed by atoms with Gasteiger partial charge in [-0.1, -0.05) is 24.3 Å². The SMILES string of the molecule is CC(=O)N[C@H](CC[C@@H](O)C(=O)O)C[C@H](O)[C@H](O)CNC(=O)c1cccc(Oc2ccccc2)c1. The largest absolute Gasteiger partial charge is 0.479 e. The number of aliphatic hydroxyl groups excluding tert-OH is 3. The molecular weight excluding hydrogens is 444 g/mol. The number of rotatable bonds is 13. The fourth-order valence-corrected chi connectivity index (χ4v) is 3.23. The van der Waals surface area contributed by atoms with Crippen LogP contribution in [0.25, 0.3) is 0 Å². The van der Waals surface area contributed by atoms with E-state index in [1.54, 1.807) is 36.4 Å². The molecule has 4 atom stereocenters. The average molecular weight is 475 g/mol. The van der Waals surface area contributed by atoms with Gasteiger partial charge in [0, 0.05) is 25.1 Å². The molecule has 6 N–H and O–H groups in total. The van der Waals surface area contributed by atoms with Gasteiger partial charge < -0.3 is 35.8 Å². The van der Waals surface area contributed by atoms with E-state index in [4.69, 9.17) is 9.84 Å². The number of nitrogens with one attached hydrogen (secondary N) is 2. The maximum absolute atomic E-state index is 12.5. The minimum absolute atomic E-state index is 0.0807. The van der Waals surface area contributed by atoms with E-state index >= 15 is 0 Å². The van der Waals surface area contributed by atoms with E-state index in [1.165, 1.54) is 6.92 Å². The molecule has 2 amide bonds. The van der Waals surface area contributed by atoms with Crippen molar-refractivity contribution >= 4 is 17.8 Å². The van der Waals surface area contributed by atoms with Crippen molar-refractivity contribution in [3.8, 4) is 11.5 Å². The fraction of sp³-hybridized carbons (Fsp3) is 0.375. The molecule has 2 aromatic carbocycles. The summed E-state index contributed by atoms with van der Waals surface area (Å²) in [6, 6.07) is 14.9. The van der Waals surface area contributed by atoms with Crippen molar-refractivity contribution < 1.29 is 39.5 Å². The van der Waals surface area contributed by atoms with Gasteiger partial charge in [0.25, 0.3) is 5.91 Å². The van der Waals surface area contributed by atoms with Gasteiger partial charge in [0.05, 0.1) is 12.2 Å². The lowest BCUT2D eigenvalue weighted by atomic mass is 9.99. The van der Waals surface area contributed by atoms with Crippen molar-refractivity contribution in [1.82, 2.24) is 10.6 Å². The van der Waals surface area contributed by atoms with Gasteiger partial charge in [0.15, 0.2) is 6.10 Å². The van der Waals surface area contributed by atoms with Gasteiger partial charge in [-0.05, 0) is 49.6 Å². The van der Waals surface area contributed by atoms with Crippen LogP contribution in [-0.4, -0.2) is 69.1 Å². The predicted molar refractivity (Wildman–Crippen MR) is 122 cm³/mol. The Labute approximate surface area is 197 Å². The second-order valence-corrected chi connectivity index (χ2v) is 7.85. The lowest BCUT2D eigenvalue weighted by Crippen LogP contribution is -2.44. The first-order valence-corrected chi connectivity index (χ1v) is 10.8. The number of benzene rings is 2. The van der Waals surface area contributed by atoms with E-state index in [0.29, 0.717) is 17.1 Å². The van der Waals surface area contributed by atoms with Crippen LogP contribution < -0.4 is 15.4 Å². The van der Waals surface area contributed by atoms with Gasteiger partial charge in [-0.25, -0.2) is 4.79 Å². The number of ether oxygens (including phenoxy) is 1. The Morgan fingerprint density at radius 3 is 2.24 bits per heavy atom. The summed E-state index contributed by atoms with van der Waals surface area (Å²) >= 11 is 0. The third kappa shape index (κ3) is 9.18. The number of carbonyl (C=O) groups excluding carboxylic acids is 2. The zero-order valence-electron chi connectivity index (χ0n) is 18.8. The molecule has 0 unspecified atom stereocenters. The topological polar surface area (TPSA) is 165 Å². The summed E-state index contributed by atoms with van der Waals surface area (Å²) in [5.41, 5.74) is 0.300. The Morgan fingerprint density at radius 1 is 0.912 bits per heavy atom. The Morgan fingerprint density at radius 2 is 1.59 bits per heavy atom. The molecule has 0 heterocycles. The van der Waals surface area contributed by atoms with Crippen LogP contribution in [0.5, 0.6) is 11.5 Å². The number of aliphatic hydroxyl groups is 3. The van der Waals surface area contributed by atoms with Crippen LogP contribution in [0.2, 0.25) is 0 Å². The van der Waals surface area contributed by atoms with Crippen molar-refractivity contribution in [2.24, 2.45) is 0 Å². The van der Waals surface area contributed by atoms with E-state index in [0.717, 1.165) is 0 Å². The lowest BCUT2D eigenvalue weighted by Gasteiger charge is -2.25. The maximum atomic E-state index is 12.5. The lowest BCUT2D eigenvalue weighted by molar-refractivity contribution is -0.147. The first kappa shape index (κ1) is 26.8. The summed E-state index contributed by atoms with van der Waals surface area (Å²) in [6.45, 7) is 1.01. The van der Waals surface area contributed by atoms with Crippen LogP contribution in [0.1, 0.15) is 36.5 Å². The molecule has 0 saturated carbocycles. The van der Waals surface area contributed by atoms with Crippen LogP contribution in [0.3, 0.4) is 0 Å². The molecule has 10 nitrogen and oxygen atoms in total. The maximum Gasteiger partial charge on any atom is 0.332 e. The monoisotopic (exact) mass is 474 g/mol. The van der Waals surface area contributed by atoms with Crippen LogP contribution >= 0.6 is 0 Å². The summed E-state index contributed by atoms with van der Waals surface area (Å²) in [5.74, 6) is -1.19. The van der Waals surface area contributed by atoms with Gasteiger partial charge in [0.2, 0.25) is 5.91 Å². The van der Waals surface area contributed by atoms with Crippen LogP contribution in [0, 0.1) is 0 Å². The third-order valence-electron chi connectivity index (χ3n) is 5.00. The normalized spacial score (nSPS) is 14.4. The van der Waals surface area contributed by atoms with Crippen molar-refractivity contribution in [2.45, 2.75) is 50.5 Å². The molecule has 0 saturated heterocycles. The Bertz CT molecular complexity index is 953. The molecular formula is C24H30N2O8. The molecule has 0 spiro atoms. The first-order valence-electron chi connectivity index (χ1n) is 10.8. The molecule has 0 aliphatic heterocycles. The van der Waals surface area contributed by atoms with Gasteiger partial charge >= 0.3 is 5.97 Å². The van der Waals surface area contributed by atoms with E-state index in [-0.39, 0.29) is 25.8 Å². The smallest absolute Gasteiger partial charge is 0.332 e. The minimum atomic E-state index is -1.60. The molecule has 0 aromatic heterocycles. The Kier molecular flexibility index (Phi) is 10.5. The molecule has 0 aliphatic carbocycles. The van der Waals surface area contributed by atoms with Crippen molar-refractivity contribution in [3.05, 3.63) is 60.2 Å². The average Bonchev–Trinajstić information content (AvgIpc) is 2.80. The molecule has 34 heavy (non-hydrogen) atoms. The van der Waals surface area contributed by atoms with E-state index in [1.807, 2.05) is 18.2 Å². The molecule has 0 bridgehead atoms. The van der Waals surface area contributed by atoms with E-state index in [9.17, 15) is 29.7 Å². The van der Waals surface area contributed by atoms with Crippen molar-refractivity contribution in [2.75, 3.05) is 6.54 Å². The van der Waals surface area contributed by atoms with Gasteiger partial charge in [-0.3, -0.25) is 9.59 Å².